The molecular formula is C7H10O. The van der Waals surface area contributed by atoms with E-state index in [9.17, 15) is 4.79 Å². The Kier molecular flexibility index (Phi) is 0.496. The Bertz CT molecular complexity index is 129. The predicted octanol–water partition coefficient (Wildman–Crippen LogP) is 1.38. The number of rotatable bonds is 1. The van der Waals surface area contributed by atoms with E-state index < -0.39 is 0 Å². The molecule has 0 N–H and O–H groups in total. The van der Waals surface area contributed by atoms with Crippen molar-refractivity contribution < 1.29 is 4.79 Å². The lowest BCUT2D eigenvalue weighted by atomic mass is 9.36. The van der Waals surface area contributed by atoms with Gasteiger partial charge in [0.1, 0.15) is 6.29 Å². The summed E-state index contributed by atoms with van der Waals surface area (Å²) in [4.78, 5) is 10.3. The summed E-state index contributed by atoms with van der Waals surface area (Å²) in [6.07, 6.45) is 4.66. The Morgan fingerprint density at radius 1 is 1.38 bits per heavy atom. The molecule has 3 fully saturated rings. The molecule has 8 heavy (non-hydrogen) atoms. The normalized spacial score (nSPS) is 58.6. The first-order valence-corrected chi connectivity index (χ1v) is 3.15. The smallest absolute Gasteiger partial charge is 0.126 e. The Morgan fingerprint density at radius 3 is 2.00 bits per heavy atom. The van der Waals surface area contributed by atoms with Gasteiger partial charge in [0.05, 0.1) is 0 Å². The fourth-order valence-electron chi connectivity index (χ4n) is 2.52. The molecule has 0 atom stereocenters. The Morgan fingerprint density at radius 2 is 1.88 bits per heavy atom. The van der Waals surface area contributed by atoms with Crippen LogP contribution in [-0.4, -0.2) is 6.29 Å². The van der Waals surface area contributed by atoms with Crippen molar-refractivity contribution in [1.29, 1.82) is 0 Å². The minimum absolute atomic E-state index is 0.189. The Balaban J connectivity index is 2.13. The van der Waals surface area contributed by atoms with E-state index in [1.165, 1.54) is 19.3 Å². The van der Waals surface area contributed by atoms with Gasteiger partial charge in [-0.05, 0) is 24.7 Å². The van der Waals surface area contributed by atoms with Gasteiger partial charge in [0.15, 0.2) is 0 Å². The molecule has 0 spiro atoms. The van der Waals surface area contributed by atoms with Crippen LogP contribution in [0.5, 0.6) is 0 Å². The standard InChI is InChI=1S/C7H10O/c1-6-2-7(3-6,4-6)5-8/h5H,2-4H2,1H3. The van der Waals surface area contributed by atoms with Gasteiger partial charge >= 0.3 is 0 Å². The van der Waals surface area contributed by atoms with Crippen molar-refractivity contribution >= 4 is 6.29 Å². The van der Waals surface area contributed by atoms with Gasteiger partial charge in [0.25, 0.3) is 0 Å². The maximum absolute atomic E-state index is 10.3. The lowest BCUT2D eigenvalue weighted by molar-refractivity contribution is -0.184. The second-order valence-electron chi connectivity index (χ2n) is 3.82. The third-order valence-corrected chi connectivity index (χ3v) is 2.59. The third-order valence-electron chi connectivity index (χ3n) is 2.59. The molecule has 44 valence electrons. The molecule has 0 aromatic heterocycles. The van der Waals surface area contributed by atoms with Crippen LogP contribution in [0, 0.1) is 10.8 Å². The Hall–Kier alpha value is -0.330. The van der Waals surface area contributed by atoms with Crippen molar-refractivity contribution in [3.05, 3.63) is 0 Å². The molecule has 0 radical (unpaired) electrons. The van der Waals surface area contributed by atoms with Crippen LogP contribution in [0.25, 0.3) is 0 Å². The largest absolute Gasteiger partial charge is 0.303 e. The summed E-state index contributed by atoms with van der Waals surface area (Å²) >= 11 is 0. The maximum atomic E-state index is 10.3. The molecule has 1 heteroatoms. The third kappa shape index (κ3) is 0.289. The monoisotopic (exact) mass is 110 g/mol. The van der Waals surface area contributed by atoms with Gasteiger partial charge in [-0.3, -0.25) is 0 Å². The van der Waals surface area contributed by atoms with Crippen molar-refractivity contribution in [1.82, 2.24) is 0 Å². The van der Waals surface area contributed by atoms with Gasteiger partial charge < -0.3 is 4.79 Å². The first kappa shape index (κ1) is 4.54. The van der Waals surface area contributed by atoms with E-state index in [0.717, 1.165) is 6.29 Å². The minimum Gasteiger partial charge on any atom is -0.303 e. The lowest BCUT2D eigenvalue weighted by Gasteiger charge is -2.67. The van der Waals surface area contributed by atoms with Crippen LogP contribution in [0.4, 0.5) is 0 Å². The van der Waals surface area contributed by atoms with Crippen LogP contribution in [0.2, 0.25) is 0 Å². The van der Waals surface area contributed by atoms with Crippen molar-refractivity contribution in [2.24, 2.45) is 10.8 Å². The van der Waals surface area contributed by atoms with E-state index in [1.54, 1.807) is 0 Å². The number of carbonyl (C=O) groups excluding carboxylic acids is 1. The van der Waals surface area contributed by atoms with Crippen molar-refractivity contribution in [2.45, 2.75) is 26.2 Å². The quantitative estimate of drug-likeness (QED) is 0.466. The van der Waals surface area contributed by atoms with E-state index in [1.807, 2.05) is 0 Å². The van der Waals surface area contributed by atoms with E-state index >= 15 is 0 Å². The zero-order valence-electron chi connectivity index (χ0n) is 5.11. The van der Waals surface area contributed by atoms with Crippen LogP contribution in [0.1, 0.15) is 26.2 Å². The highest BCUT2D eigenvalue weighted by Crippen LogP contribution is 2.71. The van der Waals surface area contributed by atoms with Crippen molar-refractivity contribution in [3.8, 4) is 0 Å². The zero-order valence-corrected chi connectivity index (χ0v) is 5.11. The molecule has 2 bridgehead atoms. The molecule has 0 heterocycles. The molecule has 0 aromatic carbocycles. The summed E-state index contributed by atoms with van der Waals surface area (Å²) < 4.78 is 0. The molecule has 3 aliphatic carbocycles. The number of hydrogen-bond acceptors (Lipinski definition) is 1. The average molecular weight is 110 g/mol. The molecule has 1 nitrogen and oxygen atoms in total. The van der Waals surface area contributed by atoms with Crippen LogP contribution < -0.4 is 0 Å². The molecule has 0 amide bonds. The molecule has 0 unspecified atom stereocenters. The predicted molar refractivity (Wildman–Crippen MR) is 30.5 cm³/mol. The topological polar surface area (TPSA) is 17.1 Å². The summed E-state index contributed by atoms with van der Waals surface area (Å²) in [6, 6.07) is 0. The summed E-state index contributed by atoms with van der Waals surface area (Å²) in [5.74, 6) is 0. The molecule has 3 rings (SSSR count). The minimum atomic E-state index is 0.189. The molecule has 0 saturated heterocycles. The van der Waals surface area contributed by atoms with E-state index in [4.69, 9.17) is 0 Å². The fourth-order valence-corrected chi connectivity index (χ4v) is 2.52. The molecule has 3 saturated carbocycles. The van der Waals surface area contributed by atoms with Crippen LogP contribution in [0.15, 0.2) is 0 Å². The van der Waals surface area contributed by atoms with Gasteiger partial charge in [0, 0.05) is 5.41 Å². The molecule has 0 aromatic rings. The lowest BCUT2D eigenvalue weighted by Crippen LogP contribution is -2.60. The van der Waals surface area contributed by atoms with E-state index in [-0.39, 0.29) is 5.41 Å². The maximum Gasteiger partial charge on any atom is 0.126 e. The van der Waals surface area contributed by atoms with Crippen LogP contribution >= 0.6 is 0 Å². The van der Waals surface area contributed by atoms with E-state index in [0.29, 0.717) is 5.41 Å². The van der Waals surface area contributed by atoms with E-state index in [2.05, 4.69) is 6.92 Å². The highest BCUT2D eigenvalue weighted by atomic mass is 16.1. The van der Waals surface area contributed by atoms with Crippen LogP contribution in [0.3, 0.4) is 0 Å². The van der Waals surface area contributed by atoms with Gasteiger partial charge in [-0.1, -0.05) is 6.92 Å². The number of carbonyl (C=O) groups is 1. The Labute approximate surface area is 49.1 Å². The van der Waals surface area contributed by atoms with Gasteiger partial charge in [-0.25, -0.2) is 0 Å². The van der Waals surface area contributed by atoms with Gasteiger partial charge in [-0.15, -0.1) is 0 Å². The van der Waals surface area contributed by atoms with Crippen molar-refractivity contribution in [3.63, 3.8) is 0 Å². The summed E-state index contributed by atoms with van der Waals surface area (Å²) in [5, 5.41) is 0. The highest BCUT2D eigenvalue weighted by Gasteiger charge is 2.64. The van der Waals surface area contributed by atoms with Crippen LogP contribution in [-0.2, 0) is 4.79 Å². The molecular weight excluding hydrogens is 100 g/mol. The fraction of sp³-hybridized carbons (Fsp3) is 0.857. The average Bonchev–Trinajstić information content (AvgIpc) is 1.55. The SMILES string of the molecule is CC12CC(C=O)(C1)C2. The molecule has 0 aliphatic heterocycles. The summed E-state index contributed by atoms with van der Waals surface area (Å²) in [6.45, 7) is 2.26. The summed E-state index contributed by atoms with van der Waals surface area (Å²) in [7, 11) is 0. The van der Waals surface area contributed by atoms with Crippen molar-refractivity contribution in [2.75, 3.05) is 0 Å². The number of hydrogen-bond donors (Lipinski definition) is 0. The first-order valence-electron chi connectivity index (χ1n) is 3.15. The number of aldehydes is 1. The summed E-state index contributed by atoms with van der Waals surface area (Å²) in [5.41, 5.74) is 0.787. The van der Waals surface area contributed by atoms with Gasteiger partial charge in [0.2, 0.25) is 0 Å². The zero-order chi connectivity index (χ0) is 5.83. The molecule has 3 aliphatic rings. The second-order valence-corrected chi connectivity index (χ2v) is 3.82. The van der Waals surface area contributed by atoms with Gasteiger partial charge in [-0.2, -0.15) is 0 Å². The first-order chi connectivity index (χ1) is 3.68. The second kappa shape index (κ2) is 0.873. The highest BCUT2D eigenvalue weighted by molar-refractivity contribution is 5.65.